The van der Waals surface area contributed by atoms with Crippen molar-refractivity contribution in [3.05, 3.63) is 27.8 Å². The van der Waals surface area contributed by atoms with Crippen molar-refractivity contribution in [1.82, 2.24) is 0 Å². The summed E-state index contributed by atoms with van der Waals surface area (Å²) in [7, 11) is 0. The van der Waals surface area contributed by atoms with Crippen molar-refractivity contribution in [2.75, 3.05) is 17.2 Å². The van der Waals surface area contributed by atoms with Crippen LogP contribution in [0.4, 0.5) is 17.1 Å². The van der Waals surface area contributed by atoms with Crippen molar-refractivity contribution in [3.63, 3.8) is 0 Å². The van der Waals surface area contributed by atoms with Gasteiger partial charge >= 0.3 is 0 Å². The molecular formula is C13H15N3O3. The first-order valence-corrected chi connectivity index (χ1v) is 6.48. The Labute approximate surface area is 110 Å². The van der Waals surface area contributed by atoms with E-state index in [-0.39, 0.29) is 18.0 Å². The highest BCUT2D eigenvalue weighted by Gasteiger charge is 2.25. The predicted octanol–water partition coefficient (Wildman–Crippen LogP) is 2.30. The van der Waals surface area contributed by atoms with Gasteiger partial charge in [-0.15, -0.1) is 0 Å². The molecule has 19 heavy (non-hydrogen) atoms. The lowest BCUT2D eigenvalue weighted by atomic mass is 9.85. The third-order valence-electron chi connectivity index (χ3n) is 3.85. The topological polar surface area (TPSA) is 84.3 Å². The molecule has 0 spiro atoms. The zero-order valence-corrected chi connectivity index (χ0v) is 10.4. The maximum absolute atomic E-state index is 11.3. The molecule has 1 aromatic rings. The molecule has 0 radical (unpaired) electrons. The molecule has 3 rings (SSSR count). The zero-order chi connectivity index (χ0) is 13.4. The summed E-state index contributed by atoms with van der Waals surface area (Å²) in [4.78, 5) is 22.0. The average molecular weight is 261 g/mol. The van der Waals surface area contributed by atoms with E-state index in [2.05, 4.69) is 10.6 Å². The number of nitrogens with one attached hydrogen (secondary N) is 2. The molecule has 1 heterocycles. The summed E-state index contributed by atoms with van der Waals surface area (Å²) in [5, 5.41) is 17.0. The Balaban J connectivity index is 1.86. The summed E-state index contributed by atoms with van der Waals surface area (Å²) in [5.41, 5.74) is 1.94. The number of amides is 1. The van der Waals surface area contributed by atoms with Crippen LogP contribution in [0.3, 0.4) is 0 Å². The largest absolute Gasteiger partial charge is 0.379 e. The fraction of sp³-hybridized carbons (Fsp3) is 0.462. The van der Waals surface area contributed by atoms with E-state index in [1.165, 1.54) is 25.3 Å². The van der Waals surface area contributed by atoms with Crippen LogP contribution in [0, 0.1) is 16.0 Å². The van der Waals surface area contributed by atoms with Crippen LogP contribution in [-0.4, -0.2) is 17.4 Å². The lowest BCUT2D eigenvalue weighted by Crippen LogP contribution is -2.21. The van der Waals surface area contributed by atoms with Gasteiger partial charge in [0, 0.05) is 18.3 Å². The minimum Gasteiger partial charge on any atom is -0.379 e. The summed E-state index contributed by atoms with van der Waals surface area (Å²) in [6.45, 7) is 0.758. The molecule has 0 atom stereocenters. The lowest BCUT2D eigenvalue weighted by molar-refractivity contribution is -0.384. The lowest BCUT2D eigenvalue weighted by Gasteiger charge is -2.25. The van der Waals surface area contributed by atoms with Crippen molar-refractivity contribution >= 4 is 23.0 Å². The molecule has 1 amide bonds. The summed E-state index contributed by atoms with van der Waals surface area (Å²) in [6.07, 6.45) is 3.83. The second-order valence-electron chi connectivity index (χ2n) is 5.19. The summed E-state index contributed by atoms with van der Waals surface area (Å²) in [6, 6.07) is 3.17. The molecule has 0 unspecified atom stereocenters. The third kappa shape index (κ3) is 2.25. The fourth-order valence-electron chi connectivity index (χ4n) is 2.51. The minimum absolute atomic E-state index is 0.0505. The van der Waals surface area contributed by atoms with Crippen LogP contribution in [-0.2, 0) is 11.2 Å². The Bertz CT molecular complexity index is 552. The second-order valence-corrected chi connectivity index (χ2v) is 5.19. The highest BCUT2D eigenvalue weighted by molar-refractivity contribution is 6.00. The fourth-order valence-corrected chi connectivity index (χ4v) is 2.51. The van der Waals surface area contributed by atoms with E-state index < -0.39 is 4.92 Å². The Kier molecular flexibility index (Phi) is 2.85. The van der Waals surface area contributed by atoms with Crippen molar-refractivity contribution in [1.29, 1.82) is 0 Å². The van der Waals surface area contributed by atoms with Crippen molar-refractivity contribution in [2.45, 2.75) is 25.7 Å². The van der Waals surface area contributed by atoms with Gasteiger partial charge in [0.2, 0.25) is 5.91 Å². The van der Waals surface area contributed by atoms with Crippen LogP contribution in [0.1, 0.15) is 24.8 Å². The molecule has 1 aromatic carbocycles. The second kappa shape index (κ2) is 4.53. The molecule has 1 aliphatic carbocycles. The number of fused-ring (bicyclic) bond motifs is 1. The summed E-state index contributed by atoms with van der Waals surface area (Å²) in [5.74, 6) is 0.503. The first kappa shape index (κ1) is 12.0. The Morgan fingerprint density at radius 2 is 2.21 bits per heavy atom. The van der Waals surface area contributed by atoms with E-state index >= 15 is 0 Å². The van der Waals surface area contributed by atoms with Crippen LogP contribution in [0.2, 0.25) is 0 Å². The van der Waals surface area contributed by atoms with Gasteiger partial charge in [-0.3, -0.25) is 14.9 Å². The SMILES string of the molecule is O=C1Cc2cc([N+](=O)[O-])c(NCC3CCC3)cc2N1. The van der Waals surface area contributed by atoms with Crippen LogP contribution >= 0.6 is 0 Å². The highest BCUT2D eigenvalue weighted by Crippen LogP contribution is 2.35. The third-order valence-corrected chi connectivity index (χ3v) is 3.85. The van der Waals surface area contributed by atoms with Crippen LogP contribution in [0.5, 0.6) is 0 Å². The first-order valence-electron chi connectivity index (χ1n) is 6.48. The molecule has 0 saturated heterocycles. The number of hydrogen-bond donors (Lipinski definition) is 2. The van der Waals surface area contributed by atoms with Gasteiger partial charge in [-0.1, -0.05) is 6.42 Å². The number of carbonyl (C=O) groups is 1. The van der Waals surface area contributed by atoms with Crippen LogP contribution in [0.25, 0.3) is 0 Å². The van der Waals surface area contributed by atoms with Crippen LogP contribution in [0.15, 0.2) is 12.1 Å². The van der Waals surface area contributed by atoms with Crippen LogP contribution < -0.4 is 10.6 Å². The molecule has 100 valence electrons. The van der Waals surface area contributed by atoms with E-state index in [0.717, 1.165) is 6.54 Å². The van der Waals surface area contributed by atoms with Gasteiger partial charge in [0.25, 0.3) is 5.69 Å². The molecule has 6 nitrogen and oxygen atoms in total. The molecule has 0 bridgehead atoms. The maximum Gasteiger partial charge on any atom is 0.292 e. The predicted molar refractivity (Wildman–Crippen MR) is 71.3 cm³/mol. The molecule has 1 fully saturated rings. The van der Waals surface area contributed by atoms with Crippen molar-refractivity contribution < 1.29 is 9.72 Å². The normalized spacial score (nSPS) is 17.6. The van der Waals surface area contributed by atoms with Crippen molar-refractivity contribution in [3.8, 4) is 0 Å². The number of carbonyl (C=O) groups excluding carboxylic acids is 1. The number of anilines is 2. The Morgan fingerprint density at radius 1 is 1.42 bits per heavy atom. The van der Waals surface area contributed by atoms with Crippen molar-refractivity contribution in [2.24, 2.45) is 5.92 Å². The molecule has 0 aromatic heterocycles. The molecule has 2 aliphatic rings. The molecule has 1 aliphatic heterocycles. The van der Waals surface area contributed by atoms with E-state index in [1.807, 2.05) is 0 Å². The van der Waals surface area contributed by atoms with E-state index in [9.17, 15) is 14.9 Å². The molecule has 6 heteroatoms. The van der Waals surface area contributed by atoms with Gasteiger partial charge in [-0.05, 0) is 30.4 Å². The Hall–Kier alpha value is -2.11. The van der Waals surface area contributed by atoms with Gasteiger partial charge in [-0.2, -0.15) is 0 Å². The zero-order valence-electron chi connectivity index (χ0n) is 10.4. The summed E-state index contributed by atoms with van der Waals surface area (Å²) < 4.78 is 0. The van der Waals surface area contributed by atoms with Gasteiger partial charge < -0.3 is 10.6 Å². The first-order chi connectivity index (χ1) is 9.13. The highest BCUT2D eigenvalue weighted by atomic mass is 16.6. The number of nitro benzene ring substituents is 1. The average Bonchev–Trinajstić information content (AvgIpc) is 2.64. The summed E-state index contributed by atoms with van der Waals surface area (Å²) >= 11 is 0. The Morgan fingerprint density at radius 3 is 2.84 bits per heavy atom. The maximum atomic E-state index is 11.3. The standard InChI is InChI=1S/C13H15N3O3/c17-13-5-9-4-12(16(18)19)11(6-10(9)15-13)14-7-8-2-1-3-8/h4,6,8,14H,1-3,5,7H2,(H,15,17). The monoisotopic (exact) mass is 261 g/mol. The minimum atomic E-state index is -0.397. The number of benzene rings is 1. The van der Waals surface area contributed by atoms with Gasteiger partial charge in [0.1, 0.15) is 5.69 Å². The number of rotatable bonds is 4. The van der Waals surface area contributed by atoms with Gasteiger partial charge in [-0.25, -0.2) is 0 Å². The number of nitrogens with zero attached hydrogens (tertiary/aromatic N) is 1. The molecular weight excluding hydrogens is 246 g/mol. The van der Waals surface area contributed by atoms with E-state index in [1.54, 1.807) is 6.07 Å². The number of hydrogen-bond acceptors (Lipinski definition) is 4. The van der Waals surface area contributed by atoms with Gasteiger partial charge in [0.05, 0.1) is 11.3 Å². The van der Waals surface area contributed by atoms with E-state index in [0.29, 0.717) is 22.9 Å². The molecule has 1 saturated carbocycles. The molecule has 2 N–H and O–H groups in total. The smallest absolute Gasteiger partial charge is 0.292 e. The number of nitro groups is 1. The quantitative estimate of drug-likeness (QED) is 0.643. The van der Waals surface area contributed by atoms with E-state index in [4.69, 9.17) is 0 Å². The van der Waals surface area contributed by atoms with Gasteiger partial charge in [0.15, 0.2) is 0 Å².